The van der Waals surface area contributed by atoms with E-state index in [0.717, 1.165) is 11.3 Å². The van der Waals surface area contributed by atoms with Gasteiger partial charge in [-0.15, -0.1) is 0 Å². The number of nitrogens with zero attached hydrogens (tertiary/aromatic N) is 1. The third-order valence-corrected chi connectivity index (χ3v) is 3.11. The summed E-state index contributed by atoms with van der Waals surface area (Å²) in [5.41, 5.74) is 1.69. The lowest BCUT2D eigenvalue weighted by atomic mass is 10.2. The molecule has 1 aromatic heterocycles. The number of aromatic nitrogens is 2. The van der Waals surface area contributed by atoms with Crippen LogP contribution in [0.3, 0.4) is 0 Å². The summed E-state index contributed by atoms with van der Waals surface area (Å²) in [6.07, 6.45) is 0. The van der Waals surface area contributed by atoms with Crippen LogP contribution in [0.5, 0.6) is 0 Å². The van der Waals surface area contributed by atoms with Gasteiger partial charge in [0.1, 0.15) is 0 Å². The standard InChI is InChI=1S/C15H12N2O2/c1-10-6-8-11(9-7-10)17-13-5-3-2-4-12(13)14(18)16-15(17)19/h2-9H,1H3,(H,16,18,19). The van der Waals surface area contributed by atoms with Gasteiger partial charge in [0, 0.05) is 0 Å². The van der Waals surface area contributed by atoms with E-state index < -0.39 is 5.69 Å². The van der Waals surface area contributed by atoms with E-state index in [2.05, 4.69) is 4.98 Å². The predicted molar refractivity (Wildman–Crippen MR) is 74.9 cm³/mol. The van der Waals surface area contributed by atoms with Crippen LogP contribution in [0.4, 0.5) is 0 Å². The largest absolute Gasteiger partial charge is 0.333 e. The molecule has 19 heavy (non-hydrogen) atoms. The fourth-order valence-electron chi connectivity index (χ4n) is 2.14. The molecule has 0 fully saturated rings. The van der Waals surface area contributed by atoms with Crippen molar-refractivity contribution in [2.45, 2.75) is 6.92 Å². The quantitative estimate of drug-likeness (QED) is 0.720. The second-order valence-electron chi connectivity index (χ2n) is 4.45. The van der Waals surface area contributed by atoms with Crippen LogP contribution in [0.2, 0.25) is 0 Å². The van der Waals surface area contributed by atoms with Crippen LogP contribution in [-0.4, -0.2) is 9.55 Å². The first-order valence-electron chi connectivity index (χ1n) is 5.98. The van der Waals surface area contributed by atoms with Crippen molar-refractivity contribution >= 4 is 10.9 Å². The Hall–Kier alpha value is -2.62. The van der Waals surface area contributed by atoms with E-state index in [1.165, 1.54) is 4.57 Å². The number of aromatic amines is 1. The zero-order valence-corrected chi connectivity index (χ0v) is 10.4. The second kappa shape index (κ2) is 4.24. The maximum absolute atomic E-state index is 12.0. The molecule has 0 saturated carbocycles. The van der Waals surface area contributed by atoms with E-state index in [4.69, 9.17) is 0 Å². The minimum atomic E-state index is -0.424. The Labute approximate surface area is 109 Å². The number of hydrogen-bond donors (Lipinski definition) is 1. The Kier molecular flexibility index (Phi) is 2.56. The first-order valence-corrected chi connectivity index (χ1v) is 5.98. The Bertz CT molecular complexity index is 858. The molecule has 0 saturated heterocycles. The Morgan fingerprint density at radius 2 is 1.63 bits per heavy atom. The molecule has 4 heteroatoms. The van der Waals surface area contributed by atoms with Gasteiger partial charge < -0.3 is 0 Å². The van der Waals surface area contributed by atoms with E-state index in [-0.39, 0.29) is 5.56 Å². The SMILES string of the molecule is Cc1ccc(-n2c(=O)[nH]c(=O)c3ccccc32)cc1. The van der Waals surface area contributed by atoms with Crippen LogP contribution in [0.15, 0.2) is 58.1 Å². The Balaban J connectivity index is 2.44. The van der Waals surface area contributed by atoms with Crippen LogP contribution < -0.4 is 11.2 Å². The summed E-state index contributed by atoms with van der Waals surface area (Å²) in [6, 6.07) is 14.7. The molecule has 0 aliphatic rings. The molecule has 0 radical (unpaired) electrons. The summed E-state index contributed by atoms with van der Waals surface area (Å²) in [7, 11) is 0. The van der Waals surface area contributed by atoms with Crippen molar-refractivity contribution in [2.24, 2.45) is 0 Å². The molecule has 0 spiro atoms. The maximum atomic E-state index is 12.0. The summed E-state index contributed by atoms with van der Waals surface area (Å²) in [5, 5.41) is 0.502. The molecule has 1 N–H and O–H groups in total. The number of para-hydroxylation sites is 1. The summed E-state index contributed by atoms with van der Waals surface area (Å²) < 4.78 is 1.51. The van der Waals surface area contributed by atoms with Crippen LogP contribution >= 0.6 is 0 Å². The van der Waals surface area contributed by atoms with Crippen molar-refractivity contribution in [3.05, 3.63) is 74.9 Å². The molecule has 0 bridgehead atoms. The van der Waals surface area contributed by atoms with E-state index in [9.17, 15) is 9.59 Å². The molecule has 1 heterocycles. The first-order chi connectivity index (χ1) is 9.16. The number of fused-ring (bicyclic) bond motifs is 1. The summed E-state index contributed by atoms with van der Waals surface area (Å²) in [5.74, 6) is 0. The molecular weight excluding hydrogens is 240 g/mol. The van der Waals surface area contributed by atoms with Crippen molar-refractivity contribution in [1.29, 1.82) is 0 Å². The van der Waals surface area contributed by atoms with Crippen molar-refractivity contribution in [3.63, 3.8) is 0 Å². The van der Waals surface area contributed by atoms with Gasteiger partial charge in [-0.3, -0.25) is 14.3 Å². The van der Waals surface area contributed by atoms with Gasteiger partial charge in [0.15, 0.2) is 0 Å². The molecule has 0 unspecified atom stereocenters. The zero-order chi connectivity index (χ0) is 13.4. The van der Waals surface area contributed by atoms with Gasteiger partial charge in [0.2, 0.25) is 0 Å². The topological polar surface area (TPSA) is 54.9 Å². The lowest BCUT2D eigenvalue weighted by Gasteiger charge is -2.09. The lowest BCUT2D eigenvalue weighted by Crippen LogP contribution is -2.29. The number of rotatable bonds is 1. The molecule has 4 nitrogen and oxygen atoms in total. The lowest BCUT2D eigenvalue weighted by molar-refractivity contribution is 0.942. The smallest absolute Gasteiger partial charge is 0.273 e. The van der Waals surface area contributed by atoms with Gasteiger partial charge in [-0.2, -0.15) is 0 Å². The van der Waals surface area contributed by atoms with Crippen LogP contribution in [-0.2, 0) is 0 Å². The molecule has 0 aliphatic heterocycles. The predicted octanol–water partition coefficient (Wildman–Crippen LogP) is 1.99. The van der Waals surface area contributed by atoms with Crippen molar-refractivity contribution < 1.29 is 0 Å². The van der Waals surface area contributed by atoms with Crippen molar-refractivity contribution in [3.8, 4) is 5.69 Å². The molecule has 3 rings (SSSR count). The summed E-state index contributed by atoms with van der Waals surface area (Å²) in [4.78, 5) is 26.2. The number of aryl methyl sites for hydroxylation is 1. The third-order valence-electron chi connectivity index (χ3n) is 3.11. The van der Waals surface area contributed by atoms with E-state index >= 15 is 0 Å². The maximum Gasteiger partial charge on any atom is 0.333 e. The van der Waals surface area contributed by atoms with Crippen LogP contribution in [0.1, 0.15) is 5.56 Å². The minimum absolute atomic E-state index is 0.357. The molecule has 2 aromatic carbocycles. The van der Waals surface area contributed by atoms with Gasteiger partial charge >= 0.3 is 5.69 Å². The highest BCUT2D eigenvalue weighted by Gasteiger charge is 2.07. The van der Waals surface area contributed by atoms with E-state index in [0.29, 0.717) is 10.9 Å². The fraction of sp³-hybridized carbons (Fsp3) is 0.0667. The second-order valence-corrected chi connectivity index (χ2v) is 4.45. The van der Waals surface area contributed by atoms with E-state index in [1.807, 2.05) is 37.3 Å². The first kappa shape index (κ1) is 11.5. The van der Waals surface area contributed by atoms with Crippen LogP contribution in [0.25, 0.3) is 16.6 Å². The molecular formula is C15H12N2O2. The third kappa shape index (κ3) is 1.87. The average Bonchev–Trinajstić information content (AvgIpc) is 2.41. The Morgan fingerprint density at radius 3 is 2.37 bits per heavy atom. The highest BCUT2D eigenvalue weighted by molar-refractivity contribution is 5.79. The molecule has 0 amide bonds. The van der Waals surface area contributed by atoms with Crippen LogP contribution in [0, 0.1) is 6.92 Å². The van der Waals surface area contributed by atoms with Crippen molar-refractivity contribution in [1.82, 2.24) is 9.55 Å². The summed E-state index contributed by atoms with van der Waals surface area (Å²) >= 11 is 0. The monoisotopic (exact) mass is 252 g/mol. The van der Waals surface area contributed by atoms with Gasteiger partial charge in [-0.25, -0.2) is 4.79 Å². The highest BCUT2D eigenvalue weighted by atomic mass is 16.2. The molecule has 0 aliphatic carbocycles. The van der Waals surface area contributed by atoms with Gasteiger partial charge in [0.25, 0.3) is 5.56 Å². The molecule has 0 atom stereocenters. The zero-order valence-electron chi connectivity index (χ0n) is 10.4. The number of benzene rings is 2. The highest BCUT2D eigenvalue weighted by Crippen LogP contribution is 2.13. The number of nitrogens with one attached hydrogen (secondary N) is 1. The van der Waals surface area contributed by atoms with E-state index in [1.54, 1.807) is 18.2 Å². The number of hydrogen-bond acceptors (Lipinski definition) is 2. The average molecular weight is 252 g/mol. The minimum Gasteiger partial charge on any atom is -0.273 e. The number of H-pyrrole nitrogens is 1. The molecule has 3 aromatic rings. The van der Waals surface area contributed by atoms with Gasteiger partial charge in [-0.1, -0.05) is 29.8 Å². The van der Waals surface area contributed by atoms with Crippen molar-refractivity contribution in [2.75, 3.05) is 0 Å². The van der Waals surface area contributed by atoms with Gasteiger partial charge in [0.05, 0.1) is 16.6 Å². The normalized spacial score (nSPS) is 10.8. The van der Waals surface area contributed by atoms with Gasteiger partial charge in [-0.05, 0) is 31.2 Å². The summed E-state index contributed by atoms with van der Waals surface area (Å²) in [6.45, 7) is 1.98. The fourth-order valence-corrected chi connectivity index (χ4v) is 2.14. The Morgan fingerprint density at radius 1 is 0.947 bits per heavy atom. The molecule has 94 valence electrons.